The number of benzene rings is 1. The number of hydrogen-bond acceptors (Lipinski definition) is 3. The molecule has 0 radical (unpaired) electrons. The molecule has 1 saturated heterocycles. The maximum absolute atomic E-state index is 6.02. The first-order valence-corrected chi connectivity index (χ1v) is 7.01. The van der Waals surface area contributed by atoms with E-state index in [0.717, 1.165) is 18.8 Å². The Kier molecular flexibility index (Phi) is 3.27. The molecule has 1 aromatic carbocycles. The summed E-state index contributed by atoms with van der Waals surface area (Å²) in [5, 5.41) is 0. The highest BCUT2D eigenvalue weighted by Crippen LogP contribution is 2.33. The fourth-order valence-electron chi connectivity index (χ4n) is 3.30. The summed E-state index contributed by atoms with van der Waals surface area (Å²) in [5.74, 6) is 1.06. The number of ether oxygens (including phenoxy) is 1. The van der Waals surface area contributed by atoms with Crippen molar-refractivity contribution in [1.82, 2.24) is 4.90 Å². The van der Waals surface area contributed by atoms with Gasteiger partial charge in [-0.1, -0.05) is 12.1 Å². The zero-order valence-electron chi connectivity index (χ0n) is 11.1. The van der Waals surface area contributed by atoms with Gasteiger partial charge in [0.1, 0.15) is 5.75 Å². The van der Waals surface area contributed by atoms with Gasteiger partial charge in [0.15, 0.2) is 0 Å². The predicted octanol–water partition coefficient (Wildman–Crippen LogP) is 2.11. The van der Waals surface area contributed by atoms with E-state index in [4.69, 9.17) is 10.5 Å². The fraction of sp³-hybridized carbons (Fsp3) is 0.600. The minimum absolute atomic E-state index is 0.369. The van der Waals surface area contributed by atoms with Gasteiger partial charge >= 0.3 is 0 Å². The minimum Gasteiger partial charge on any atom is -0.493 e. The quantitative estimate of drug-likeness (QED) is 0.887. The zero-order chi connectivity index (χ0) is 12.5. The standard InChI is InChI=1S/C15H22N2O/c1-11-3-2-7-17(11)14(10-16)12-4-5-15-13(9-12)6-8-18-15/h4-5,9,11,14H,2-3,6-8,10,16H2,1H3. The first-order valence-electron chi connectivity index (χ1n) is 7.01. The molecule has 3 rings (SSSR count). The Hall–Kier alpha value is -1.06. The van der Waals surface area contributed by atoms with Gasteiger partial charge in [-0.05, 0) is 43.5 Å². The molecule has 0 bridgehead atoms. The molecular weight excluding hydrogens is 224 g/mol. The van der Waals surface area contributed by atoms with Gasteiger partial charge in [0.25, 0.3) is 0 Å². The third-order valence-electron chi connectivity index (χ3n) is 4.33. The number of nitrogens with two attached hydrogens (primary N) is 1. The highest BCUT2D eigenvalue weighted by molar-refractivity contribution is 5.41. The predicted molar refractivity (Wildman–Crippen MR) is 72.8 cm³/mol. The van der Waals surface area contributed by atoms with Gasteiger partial charge in [-0.15, -0.1) is 0 Å². The van der Waals surface area contributed by atoms with Crippen LogP contribution in [0.2, 0.25) is 0 Å². The lowest BCUT2D eigenvalue weighted by atomic mass is 10.0. The third kappa shape index (κ3) is 2.02. The molecule has 0 aliphatic carbocycles. The molecule has 2 aliphatic heterocycles. The van der Waals surface area contributed by atoms with Crippen molar-refractivity contribution in [3.8, 4) is 5.75 Å². The zero-order valence-corrected chi connectivity index (χ0v) is 11.1. The summed E-state index contributed by atoms with van der Waals surface area (Å²) in [5.41, 5.74) is 8.72. The van der Waals surface area contributed by atoms with Gasteiger partial charge < -0.3 is 10.5 Å². The molecule has 1 aromatic rings. The highest BCUT2D eigenvalue weighted by Gasteiger charge is 2.28. The van der Waals surface area contributed by atoms with E-state index in [1.807, 2.05) is 0 Å². The van der Waals surface area contributed by atoms with Gasteiger partial charge in [-0.3, -0.25) is 4.90 Å². The average molecular weight is 246 g/mol. The second-order valence-electron chi connectivity index (χ2n) is 5.45. The number of rotatable bonds is 3. The lowest BCUT2D eigenvalue weighted by Crippen LogP contribution is -2.36. The summed E-state index contributed by atoms with van der Waals surface area (Å²) >= 11 is 0. The van der Waals surface area contributed by atoms with Crippen LogP contribution in [0.25, 0.3) is 0 Å². The van der Waals surface area contributed by atoms with Crippen molar-refractivity contribution in [2.75, 3.05) is 19.7 Å². The van der Waals surface area contributed by atoms with E-state index in [0.29, 0.717) is 18.6 Å². The van der Waals surface area contributed by atoms with Crippen LogP contribution in [0.4, 0.5) is 0 Å². The summed E-state index contributed by atoms with van der Waals surface area (Å²) in [4.78, 5) is 2.55. The maximum Gasteiger partial charge on any atom is 0.122 e. The molecule has 1 fully saturated rings. The monoisotopic (exact) mass is 246 g/mol. The molecule has 0 spiro atoms. The Morgan fingerprint density at radius 2 is 2.39 bits per heavy atom. The lowest BCUT2D eigenvalue weighted by Gasteiger charge is -2.31. The van der Waals surface area contributed by atoms with Crippen LogP contribution in [0.3, 0.4) is 0 Å². The molecule has 3 nitrogen and oxygen atoms in total. The van der Waals surface area contributed by atoms with E-state index in [2.05, 4.69) is 30.0 Å². The Morgan fingerprint density at radius 3 is 3.11 bits per heavy atom. The van der Waals surface area contributed by atoms with E-state index in [1.165, 1.54) is 30.5 Å². The van der Waals surface area contributed by atoms with E-state index in [9.17, 15) is 0 Å². The van der Waals surface area contributed by atoms with Crippen LogP contribution >= 0.6 is 0 Å². The molecule has 3 heteroatoms. The second-order valence-corrected chi connectivity index (χ2v) is 5.45. The van der Waals surface area contributed by atoms with Crippen molar-refractivity contribution in [3.63, 3.8) is 0 Å². The second kappa shape index (κ2) is 4.90. The van der Waals surface area contributed by atoms with E-state index < -0.39 is 0 Å². The van der Waals surface area contributed by atoms with Gasteiger partial charge in [0, 0.05) is 25.0 Å². The molecule has 2 aliphatic rings. The molecule has 0 amide bonds. The van der Waals surface area contributed by atoms with Crippen molar-refractivity contribution in [1.29, 1.82) is 0 Å². The van der Waals surface area contributed by atoms with Crippen LogP contribution in [-0.4, -0.2) is 30.6 Å². The van der Waals surface area contributed by atoms with E-state index >= 15 is 0 Å². The van der Waals surface area contributed by atoms with Gasteiger partial charge in [-0.2, -0.15) is 0 Å². The molecular formula is C15H22N2O. The normalized spacial score (nSPS) is 24.9. The minimum atomic E-state index is 0.369. The Morgan fingerprint density at radius 1 is 1.50 bits per heavy atom. The molecule has 18 heavy (non-hydrogen) atoms. The van der Waals surface area contributed by atoms with Crippen molar-refractivity contribution in [3.05, 3.63) is 29.3 Å². The first-order chi connectivity index (χ1) is 8.79. The summed E-state index contributed by atoms with van der Waals surface area (Å²) in [6.07, 6.45) is 3.63. The average Bonchev–Trinajstić information content (AvgIpc) is 2.99. The molecule has 2 N–H and O–H groups in total. The van der Waals surface area contributed by atoms with Crippen molar-refractivity contribution in [2.45, 2.75) is 38.3 Å². The van der Waals surface area contributed by atoms with Crippen LogP contribution in [0.1, 0.15) is 36.9 Å². The largest absolute Gasteiger partial charge is 0.493 e. The Labute approximate surface area is 109 Å². The molecule has 0 saturated carbocycles. The number of likely N-dealkylation sites (tertiary alicyclic amines) is 1. The lowest BCUT2D eigenvalue weighted by molar-refractivity contribution is 0.195. The SMILES string of the molecule is CC1CCCN1C(CN)c1ccc2c(c1)CCO2. The van der Waals surface area contributed by atoms with Crippen molar-refractivity contribution < 1.29 is 4.74 Å². The summed E-state index contributed by atoms with van der Waals surface area (Å²) in [6, 6.07) is 7.62. The molecule has 2 heterocycles. The fourth-order valence-corrected chi connectivity index (χ4v) is 3.30. The Bertz CT molecular complexity index is 433. The van der Waals surface area contributed by atoms with E-state index in [1.54, 1.807) is 0 Å². The number of hydrogen-bond donors (Lipinski definition) is 1. The van der Waals surface area contributed by atoms with Crippen LogP contribution in [-0.2, 0) is 6.42 Å². The van der Waals surface area contributed by atoms with Gasteiger partial charge in [0.2, 0.25) is 0 Å². The van der Waals surface area contributed by atoms with Gasteiger partial charge in [-0.25, -0.2) is 0 Å². The summed E-state index contributed by atoms with van der Waals surface area (Å²) in [6.45, 7) is 5.01. The van der Waals surface area contributed by atoms with E-state index in [-0.39, 0.29) is 0 Å². The highest BCUT2D eigenvalue weighted by atomic mass is 16.5. The first kappa shape index (κ1) is 12.0. The maximum atomic E-state index is 6.02. The van der Waals surface area contributed by atoms with Gasteiger partial charge in [0.05, 0.1) is 6.61 Å². The van der Waals surface area contributed by atoms with Crippen molar-refractivity contribution in [2.24, 2.45) is 5.73 Å². The number of nitrogens with zero attached hydrogens (tertiary/aromatic N) is 1. The molecule has 2 atom stereocenters. The third-order valence-corrected chi connectivity index (χ3v) is 4.33. The molecule has 98 valence electrons. The van der Waals surface area contributed by atoms with Crippen LogP contribution in [0.15, 0.2) is 18.2 Å². The molecule has 0 aromatic heterocycles. The molecule has 2 unspecified atom stereocenters. The number of fused-ring (bicyclic) bond motifs is 1. The van der Waals surface area contributed by atoms with Crippen molar-refractivity contribution >= 4 is 0 Å². The summed E-state index contributed by atoms with van der Waals surface area (Å²) in [7, 11) is 0. The smallest absolute Gasteiger partial charge is 0.122 e. The van der Waals surface area contributed by atoms with Crippen LogP contribution in [0.5, 0.6) is 5.75 Å². The Balaban J connectivity index is 1.87. The topological polar surface area (TPSA) is 38.5 Å². The van der Waals surface area contributed by atoms with Crippen LogP contribution in [0, 0.1) is 0 Å². The summed E-state index contributed by atoms with van der Waals surface area (Å²) < 4.78 is 5.57. The van der Waals surface area contributed by atoms with Crippen LogP contribution < -0.4 is 10.5 Å².